The number of carbonyl (C=O) groups excluding carboxylic acids is 1. The first kappa shape index (κ1) is 13.1. The molecular formula is C11H16N6O2. The minimum Gasteiger partial charge on any atom is -0.395 e. The molecule has 0 aliphatic rings. The van der Waals surface area contributed by atoms with Crippen molar-refractivity contribution < 1.29 is 9.32 Å². The molecule has 0 saturated heterocycles. The zero-order chi connectivity index (χ0) is 13.8. The molecule has 2 rings (SSSR count). The van der Waals surface area contributed by atoms with Crippen molar-refractivity contribution in [3.05, 3.63) is 23.1 Å². The van der Waals surface area contributed by atoms with Gasteiger partial charge in [0.25, 0.3) is 5.91 Å². The maximum atomic E-state index is 11.8. The molecule has 2 aromatic rings. The van der Waals surface area contributed by atoms with Crippen LogP contribution in [0.2, 0.25) is 0 Å². The molecule has 8 heteroatoms. The van der Waals surface area contributed by atoms with Crippen molar-refractivity contribution in [3.8, 4) is 0 Å². The molecule has 102 valence electrons. The Bertz CT molecular complexity index is 574. The van der Waals surface area contributed by atoms with E-state index in [-0.39, 0.29) is 11.6 Å². The molecular weight excluding hydrogens is 248 g/mol. The standard InChI is InChI=1S/C11H16N6O2/c1-3-7-9(12)10(16-15-7)11(18)13-5-4-8-14-6(2)17-19-8/h3-5,12H2,1-2H3,(H,13,18)(H,15,16). The summed E-state index contributed by atoms with van der Waals surface area (Å²) in [5, 5.41) is 13.0. The summed E-state index contributed by atoms with van der Waals surface area (Å²) in [6.07, 6.45) is 1.17. The SMILES string of the molecule is CCc1[nH]nc(C(=O)NCCc2nc(C)no2)c1N. The average Bonchev–Trinajstić information content (AvgIpc) is 2.95. The number of hydrogen-bond donors (Lipinski definition) is 3. The summed E-state index contributed by atoms with van der Waals surface area (Å²) in [5.41, 5.74) is 7.18. The highest BCUT2D eigenvalue weighted by Gasteiger charge is 2.16. The lowest BCUT2D eigenvalue weighted by Gasteiger charge is -2.01. The second kappa shape index (κ2) is 5.51. The van der Waals surface area contributed by atoms with E-state index < -0.39 is 0 Å². The third kappa shape index (κ3) is 2.90. The number of H-pyrrole nitrogens is 1. The zero-order valence-electron chi connectivity index (χ0n) is 10.9. The van der Waals surface area contributed by atoms with E-state index in [4.69, 9.17) is 10.3 Å². The van der Waals surface area contributed by atoms with Crippen molar-refractivity contribution in [3.63, 3.8) is 0 Å². The first-order valence-corrected chi connectivity index (χ1v) is 6.02. The van der Waals surface area contributed by atoms with E-state index in [2.05, 4.69) is 25.7 Å². The molecule has 2 heterocycles. The van der Waals surface area contributed by atoms with Crippen LogP contribution in [0, 0.1) is 6.92 Å². The van der Waals surface area contributed by atoms with Crippen molar-refractivity contribution in [2.75, 3.05) is 12.3 Å². The van der Waals surface area contributed by atoms with Gasteiger partial charge in [0.15, 0.2) is 11.5 Å². The van der Waals surface area contributed by atoms with Gasteiger partial charge in [-0.15, -0.1) is 0 Å². The highest BCUT2D eigenvalue weighted by Crippen LogP contribution is 2.13. The number of carbonyl (C=O) groups is 1. The Morgan fingerprint density at radius 2 is 2.32 bits per heavy atom. The molecule has 0 spiro atoms. The molecule has 8 nitrogen and oxygen atoms in total. The molecule has 0 atom stereocenters. The Labute approximate surface area is 109 Å². The van der Waals surface area contributed by atoms with Crippen molar-refractivity contribution >= 4 is 11.6 Å². The summed E-state index contributed by atoms with van der Waals surface area (Å²) < 4.78 is 4.94. The predicted molar refractivity (Wildman–Crippen MR) is 67.5 cm³/mol. The number of aryl methyl sites for hydroxylation is 2. The van der Waals surface area contributed by atoms with Gasteiger partial charge < -0.3 is 15.6 Å². The molecule has 1 amide bonds. The molecule has 0 radical (unpaired) electrons. The van der Waals surface area contributed by atoms with Crippen molar-refractivity contribution in [2.45, 2.75) is 26.7 Å². The number of nitrogens with one attached hydrogen (secondary N) is 2. The zero-order valence-corrected chi connectivity index (χ0v) is 10.9. The van der Waals surface area contributed by atoms with Gasteiger partial charge >= 0.3 is 0 Å². The smallest absolute Gasteiger partial charge is 0.273 e. The average molecular weight is 264 g/mol. The van der Waals surface area contributed by atoms with Gasteiger partial charge in [-0.2, -0.15) is 10.1 Å². The van der Waals surface area contributed by atoms with Gasteiger partial charge in [-0.25, -0.2) is 0 Å². The Morgan fingerprint density at radius 3 is 2.89 bits per heavy atom. The van der Waals surface area contributed by atoms with Crippen LogP contribution in [0.1, 0.15) is 34.8 Å². The van der Waals surface area contributed by atoms with Gasteiger partial charge in [-0.3, -0.25) is 9.89 Å². The van der Waals surface area contributed by atoms with E-state index in [9.17, 15) is 4.79 Å². The van der Waals surface area contributed by atoms with E-state index in [1.807, 2.05) is 6.92 Å². The third-order valence-corrected chi connectivity index (χ3v) is 2.65. The summed E-state index contributed by atoms with van der Waals surface area (Å²) >= 11 is 0. The van der Waals surface area contributed by atoms with E-state index in [1.54, 1.807) is 6.92 Å². The fraction of sp³-hybridized carbons (Fsp3) is 0.455. The minimum absolute atomic E-state index is 0.221. The Morgan fingerprint density at radius 1 is 1.53 bits per heavy atom. The number of nitrogen functional groups attached to an aromatic ring is 1. The maximum Gasteiger partial charge on any atom is 0.273 e. The summed E-state index contributed by atoms with van der Waals surface area (Å²) in [7, 11) is 0. The number of nitrogens with zero attached hydrogens (tertiary/aromatic N) is 3. The number of rotatable bonds is 5. The van der Waals surface area contributed by atoms with E-state index >= 15 is 0 Å². The Kier molecular flexibility index (Phi) is 3.79. The number of aromatic nitrogens is 4. The van der Waals surface area contributed by atoms with Gasteiger partial charge in [0.1, 0.15) is 0 Å². The highest BCUT2D eigenvalue weighted by molar-refractivity contribution is 5.97. The summed E-state index contributed by atoms with van der Waals surface area (Å²) in [5.74, 6) is 0.747. The quantitative estimate of drug-likeness (QED) is 0.709. The second-order valence-corrected chi connectivity index (χ2v) is 4.06. The van der Waals surface area contributed by atoms with Crippen LogP contribution < -0.4 is 11.1 Å². The van der Waals surface area contributed by atoms with Gasteiger partial charge in [0.05, 0.1) is 11.4 Å². The largest absolute Gasteiger partial charge is 0.395 e. The number of anilines is 1. The lowest BCUT2D eigenvalue weighted by molar-refractivity contribution is 0.0949. The molecule has 0 aromatic carbocycles. The fourth-order valence-electron chi connectivity index (χ4n) is 1.64. The minimum atomic E-state index is -0.315. The van der Waals surface area contributed by atoms with Crippen LogP contribution in [0.5, 0.6) is 0 Å². The normalized spacial score (nSPS) is 10.6. The highest BCUT2D eigenvalue weighted by atomic mass is 16.5. The lowest BCUT2D eigenvalue weighted by atomic mass is 10.2. The summed E-state index contributed by atoms with van der Waals surface area (Å²) in [6.45, 7) is 4.06. The number of amides is 1. The monoisotopic (exact) mass is 264 g/mol. The summed E-state index contributed by atoms with van der Waals surface area (Å²) in [6, 6.07) is 0. The van der Waals surface area contributed by atoms with Gasteiger partial charge in [-0.1, -0.05) is 12.1 Å². The Hall–Kier alpha value is -2.38. The molecule has 2 aromatic heterocycles. The summed E-state index contributed by atoms with van der Waals surface area (Å²) in [4.78, 5) is 15.9. The van der Waals surface area contributed by atoms with Crippen LogP contribution in [0.25, 0.3) is 0 Å². The number of aromatic amines is 1. The molecule has 0 unspecified atom stereocenters. The number of hydrogen-bond acceptors (Lipinski definition) is 6. The molecule has 0 fully saturated rings. The van der Waals surface area contributed by atoms with Crippen LogP contribution in [0.15, 0.2) is 4.52 Å². The second-order valence-electron chi connectivity index (χ2n) is 4.06. The van der Waals surface area contributed by atoms with Crippen molar-refractivity contribution in [1.29, 1.82) is 0 Å². The molecule has 0 saturated carbocycles. The predicted octanol–water partition coefficient (Wildman–Crippen LogP) is 0.218. The van der Waals surface area contributed by atoms with E-state index in [0.717, 1.165) is 5.69 Å². The van der Waals surface area contributed by atoms with Crippen LogP contribution in [0.4, 0.5) is 5.69 Å². The first-order valence-electron chi connectivity index (χ1n) is 6.02. The first-order chi connectivity index (χ1) is 9.11. The van der Waals surface area contributed by atoms with Crippen LogP contribution in [-0.4, -0.2) is 32.8 Å². The van der Waals surface area contributed by atoms with Gasteiger partial charge in [0.2, 0.25) is 5.89 Å². The lowest BCUT2D eigenvalue weighted by Crippen LogP contribution is -2.26. The van der Waals surface area contributed by atoms with Crippen molar-refractivity contribution in [1.82, 2.24) is 25.7 Å². The van der Waals surface area contributed by atoms with Gasteiger partial charge in [-0.05, 0) is 13.3 Å². The molecule has 0 bridgehead atoms. The molecule has 0 aliphatic heterocycles. The van der Waals surface area contributed by atoms with Crippen LogP contribution >= 0.6 is 0 Å². The topological polar surface area (TPSA) is 123 Å². The molecule has 4 N–H and O–H groups in total. The maximum absolute atomic E-state index is 11.8. The van der Waals surface area contributed by atoms with Crippen LogP contribution in [0.3, 0.4) is 0 Å². The Balaban J connectivity index is 1.89. The van der Waals surface area contributed by atoms with Gasteiger partial charge in [0, 0.05) is 13.0 Å². The molecule has 0 aliphatic carbocycles. The number of nitrogens with two attached hydrogens (primary N) is 1. The van der Waals surface area contributed by atoms with E-state index in [0.29, 0.717) is 36.8 Å². The van der Waals surface area contributed by atoms with Crippen molar-refractivity contribution in [2.24, 2.45) is 0 Å². The van der Waals surface area contributed by atoms with Crippen LogP contribution in [-0.2, 0) is 12.8 Å². The third-order valence-electron chi connectivity index (χ3n) is 2.65. The molecule has 19 heavy (non-hydrogen) atoms. The fourth-order valence-corrected chi connectivity index (χ4v) is 1.64. The van der Waals surface area contributed by atoms with E-state index in [1.165, 1.54) is 0 Å².